The van der Waals surface area contributed by atoms with Crippen molar-refractivity contribution >= 4 is 15.9 Å². The molecule has 0 aliphatic rings. The zero-order chi connectivity index (χ0) is 14.7. The van der Waals surface area contributed by atoms with Gasteiger partial charge in [0.05, 0.1) is 6.61 Å². The minimum absolute atomic E-state index is 0.278. The molecule has 2 aromatic rings. The van der Waals surface area contributed by atoms with Crippen LogP contribution in [0.25, 0.3) is 0 Å². The number of hydrogen-bond acceptors (Lipinski definition) is 2. The zero-order valence-electron chi connectivity index (χ0n) is 11.4. The SMILES string of the molecule is CCOc1ccc(Br)cc1C(O)c1ccc(F)c(C)c1. The molecule has 1 N–H and O–H groups in total. The lowest BCUT2D eigenvalue weighted by Crippen LogP contribution is -2.05. The molecule has 0 fully saturated rings. The molecule has 20 heavy (non-hydrogen) atoms. The second-order valence-corrected chi connectivity index (χ2v) is 5.44. The summed E-state index contributed by atoms with van der Waals surface area (Å²) in [5.41, 5.74) is 1.81. The molecule has 0 amide bonds. The molecule has 2 rings (SSSR count). The molecule has 2 aromatic carbocycles. The van der Waals surface area contributed by atoms with Crippen molar-refractivity contribution in [1.82, 2.24) is 0 Å². The molecule has 0 bridgehead atoms. The fourth-order valence-corrected chi connectivity index (χ4v) is 2.42. The predicted octanol–water partition coefficient (Wildman–Crippen LogP) is 4.38. The first-order chi connectivity index (χ1) is 9.52. The first-order valence-electron chi connectivity index (χ1n) is 6.39. The van der Waals surface area contributed by atoms with E-state index in [0.29, 0.717) is 29.0 Å². The van der Waals surface area contributed by atoms with Crippen molar-refractivity contribution in [2.45, 2.75) is 20.0 Å². The molecule has 0 heterocycles. The first kappa shape index (κ1) is 15.0. The Bertz CT molecular complexity index is 613. The summed E-state index contributed by atoms with van der Waals surface area (Å²) >= 11 is 3.39. The van der Waals surface area contributed by atoms with Crippen molar-refractivity contribution in [3.05, 3.63) is 63.4 Å². The van der Waals surface area contributed by atoms with Gasteiger partial charge in [-0.25, -0.2) is 4.39 Å². The first-order valence-corrected chi connectivity index (χ1v) is 7.18. The average molecular weight is 339 g/mol. The molecule has 0 spiro atoms. The molecular weight excluding hydrogens is 323 g/mol. The largest absolute Gasteiger partial charge is 0.493 e. The Morgan fingerprint density at radius 2 is 2.00 bits per heavy atom. The lowest BCUT2D eigenvalue weighted by atomic mass is 9.99. The Balaban J connectivity index is 2.43. The summed E-state index contributed by atoms with van der Waals surface area (Å²) in [6.45, 7) is 4.08. The van der Waals surface area contributed by atoms with Crippen LogP contribution < -0.4 is 4.74 Å². The fourth-order valence-electron chi connectivity index (χ4n) is 2.04. The van der Waals surface area contributed by atoms with Crippen molar-refractivity contribution < 1.29 is 14.2 Å². The molecule has 106 valence electrons. The molecule has 1 unspecified atom stereocenters. The minimum Gasteiger partial charge on any atom is -0.493 e. The van der Waals surface area contributed by atoms with Gasteiger partial charge in [0.25, 0.3) is 0 Å². The smallest absolute Gasteiger partial charge is 0.126 e. The number of hydrogen-bond donors (Lipinski definition) is 1. The quantitative estimate of drug-likeness (QED) is 0.896. The molecule has 0 aliphatic carbocycles. The Hall–Kier alpha value is -1.39. The van der Waals surface area contributed by atoms with Crippen LogP contribution in [0, 0.1) is 12.7 Å². The van der Waals surface area contributed by atoms with Crippen LogP contribution in [-0.4, -0.2) is 11.7 Å². The summed E-state index contributed by atoms with van der Waals surface area (Å²) in [5, 5.41) is 10.5. The maximum atomic E-state index is 13.3. The highest BCUT2D eigenvalue weighted by atomic mass is 79.9. The van der Waals surface area contributed by atoms with Gasteiger partial charge in [-0.2, -0.15) is 0 Å². The van der Waals surface area contributed by atoms with Crippen molar-refractivity contribution in [1.29, 1.82) is 0 Å². The van der Waals surface area contributed by atoms with E-state index in [1.807, 2.05) is 25.1 Å². The van der Waals surface area contributed by atoms with E-state index in [0.717, 1.165) is 4.47 Å². The van der Waals surface area contributed by atoms with Crippen LogP contribution in [0.4, 0.5) is 4.39 Å². The predicted molar refractivity (Wildman–Crippen MR) is 80.5 cm³/mol. The Kier molecular flexibility index (Phi) is 4.78. The van der Waals surface area contributed by atoms with Crippen molar-refractivity contribution in [2.24, 2.45) is 0 Å². The van der Waals surface area contributed by atoms with Gasteiger partial charge >= 0.3 is 0 Å². The maximum absolute atomic E-state index is 13.3. The van der Waals surface area contributed by atoms with E-state index in [1.165, 1.54) is 6.07 Å². The van der Waals surface area contributed by atoms with Crippen LogP contribution in [0.3, 0.4) is 0 Å². The number of aliphatic hydroxyl groups excluding tert-OH is 1. The Morgan fingerprint density at radius 3 is 2.65 bits per heavy atom. The van der Waals surface area contributed by atoms with Gasteiger partial charge < -0.3 is 9.84 Å². The van der Waals surface area contributed by atoms with Gasteiger partial charge in [-0.05, 0) is 49.2 Å². The standard InChI is InChI=1S/C16H16BrFO2/c1-3-20-15-7-5-12(17)9-13(15)16(19)11-4-6-14(18)10(2)8-11/h4-9,16,19H,3H2,1-2H3. The van der Waals surface area contributed by atoms with E-state index in [2.05, 4.69) is 15.9 Å². The molecule has 1 atom stereocenters. The van der Waals surface area contributed by atoms with E-state index in [1.54, 1.807) is 19.1 Å². The van der Waals surface area contributed by atoms with Crippen molar-refractivity contribution in [3.63, 3.8) is 0 Å². The molecule has 4 heteroatoms. The second kappa shape index (κ2) is 6.37. The topological polar surface area (TPSA) is 29.5 Å². The summed E-state index contributed by atoms with van der Waals surface area (Å²) < 4.78 is 19.7. The van der Waals surface area contributed by atoms with Crippen LogP contribution >= 0.6 is 15.9 Å². The van der Waals surface area contributed by atoms with Crippen LogP contribution in [0.15, 0.2) is 40.9 Å². The molecule has 0 radical (unpaired) electrons. The van der Waals surface area contributed by atoms with E-state index in [9.17, 15) is 9.50 Å². The van der Waals surface area contributed by atoms with Gasteiger partial charge in [0.15, 0.2) is 0 Å². The molecule has 0 saturated heterocycles. The Labute approximate surface area is 126 Å². The summed E-state index contributed by atoms with van der Waals surface area (Å²) in [6, 6.07) is 10.1. The van der Waals surface area contributed by atoms with Gasteiger partial charge in [-0.3, -0.25) is 0 Å². The van der Waals surface area contributed by atoms with Crippen LogP contribution in [0.1, 0.15) is 29.7 Å². The summed E-state index contributed by atoms with van der Waals surface area (Å²) in [5.74, 6) is 0.352. The lowest BCUT2D eigenvalue weighted by molar-refractivity contribution is 0.211. The number of halogens is 2. The molecular formula is C16H16BrFO2. The van der Waals surface area contributed by atoms with E-state index in [4.69, 9.17) is 4.74 Å². The molecule has 2 nitrogen and oxygen atoms in total. The third kappa shape index (κ3) is 3.19. The lowest BCUT2D eigenvalue weighted by Gasteiger charge is -2.17. The summed E-state index contributed by atoms with van der Waals surface area (Å²) in [4.78, 5) is 0. The number of ether oxygens (including phenoxy) is 1. The number of benzene rings is 2. The number of aliphatic hydroxyl groups is 1. The second-order valence-electron chi connectivity index (χ2n) is 4.53. The third-order valence-corrected chi connectivity index (χ3v) is 3.56. The summed E-state index contributed by atoms with van der Waals surface area (Å²) in [7, 11) is 0. The highest BCUT2D eigenvalue weighted by Gasteiger charge is 2.17. The van der Waals surface area contributed by atoms with Crippen molar-refractivity contribution in [3.8, 4) is 5.75 Å². The van der Waals surface area contributed by atoms with E-state index >= 15 is 0 Å². The third-order valence-electron chi connectivity index (χ3n) is 3.06. The summed E-state index contributed by atoms with van der Waals surface area (Å²) in [6.07, 6.45) is -0.853. The van der Waals surface area contributed by atoms with Crippen LogP contribution in [-0.2, 0) is 0 Å². The minimum atomic E-state index is -0.853. The molecule has 0 saturated carbocycles. The van der Waals surface area contributed by atoms with Gasteiger partial charge in [0.2, 0.25) is 0 Å². The normalized spacial score (nSPS) is 12.2. The van der Waals surface area contributed by atoms with Gasteiger partial charge in [-0.15, -0.1) is 0 Å². The van der Waals surface area contributed by atoms with E-state index in [-0.39, 0.29) is 5.82 Å². The zero-order valence-corrected chi connectivity index (χ0v) is 12.9. The van der Waals surface area contributed by atoms with Crippen molar-refractivity contribution in [2.75, 3.05) is 6.61 Å². The van der Waals surface area contributed by atoms with E-state index < -0.39 is 6.10 Å². The Morgan fingerprint density at radius 1 is 1.25 bits per heavy atom. The van der Waals surface area contributed by atoms with Crippen LogP contribution in [0.5, 0.6) is 5.75 Å². The van der Waals surface area contributed by atoms with Gasteiger partial charge in [0.1, 0.15) is 17.7 Å². The molecule has 0 aromatic heterocycles. The maximum Gasteiger partial charge on any atom is 0.126 e. The van der Waals surface area contributed by atoms with Gasteiger partial charge in [-0.1, -0.05) is 28.1 Å². The highest BCUT2D eigenvalue weighted by molar-refractivity contribution is 9.10. The number of aryl methyl sites for hydroxylation is 1. The van der Waals surface area contributed by atoms with Gasteiger partial charge in [0, 0.05) is 10.0 Å². The fraction of sp³-hybridized carbons (Fsp3) is 0.250. The average Bonchev–Trinajstić information content (AvgIpc) is 2.43. The number of rotatable bonds is 4. The monoisotopic (exact) mass is 338 g/mol. The van der Waals surface area contributed by atoms with Crippen LogP contribution in [0.2, 0.25) is 0 Å². The highest BCUT2D eigenvalue weighted by Crippen LogP contribution is 2.33. The molecule has 0 aliphatic heterocycles.